The minimum absolute atomic E-state index is 0.0286. The number of carbonyl (C=O) groups is 6. The normalized spacial score (nSPS) is 12.4. The highest BCUT2D eigenvalue weighted by molar-refractivity contribution is 6.12. The van der Waals surface area contributed by atoms with Gasteiger partial charge in [-0.05, 0) is 35.7 Å². The molecule has 258 valence electrons. The summed E-state index contributed by atoms with van der Waals surface area (Å²) >= 11 is 0. The molecule has 2 aromatic carbocycles. The van der Waals surface area contributed by atoms with Gasteiger partial charge in [-0.3, -0.25) is 39.0 Å². The molecule has 1 aliphatic heterocycles. The number of hydrogen-bond acceptors (Lipinski definition) is 12. The minimum atomic E-state index is -0.946. The van der Waals surface area contributed by atoms with Crippen molar-refractivity contribution >= 4 is 47.6 Å². The predicted octanol–water partition coefficient (Wildman–Crippen LogP) is 1.71. The van der Waals surface area contributed by atoms with Crippen LogP contribution in [0.1, 0.15) is 19.4 Å². The fraction of sp³-hybridized carbons (Fsp3) is 0.355. The molecular weight excluding hydrogens is 634 g/mol. The van der Waals surface area contributed by atoms with E-state index in [0.29, 0.717) is 17.9 Å². The summed E-state index contributed by atoms with van der Waals surface area (Å²) in [5.41, 5.74) is 1.31. The smallest absolute Gasteiger partial charge is 0.407 e. The van der Waals surface area contributed by atoms with Crippen molar-refractivity contribution in [1.29, 1.82) is 0 Å². The Morgan fingerprint density at radius 2 is 1.60 bits per heavy atom. The van der Waals surface area contributed by atoms with Crippen LogP contribution in [-0.2, 0) is 44.8 Å². The number of non-ortho nitro benzene ring substituents is 1. The number of ether oxygens (including phenoxy) is 4. The van der Waals surface area contributed by atoms with Crippen molar-refractivity contribution in [2.45, 2.75) is 26.5 Å². The van der Waals surface area contributed by atoms with Crippen LogP contribution in [0.15, 0.2) is 60.7 Å². The minimum Gasteiger partial charge on any atom is -0.497 e. The molecule has 1 aliphatic rings. The Kier molecular flexibility index (Phi) is 16.2. The Balaban J connectivity index is 0.000000613. The molecule has 0 spiro atoms. The first-order valence-corrected chi connectivity index (χ1v) is 14.5. The average Bonchev–Trinajstić information content (AvgIpc) is 3.39. The maximum absolute atomic E-state index is 12.5. The van der Waals surface area contributed by atoms with Crippen LogP contribution in [0.25, 0.3) is 0 Å². The number of nitro benzene ring substituents is 1. The molecule has 0 bridgehead atoms. The Bertz CT molecular complexity index is 1430. The van der Waals surface area contributed by atoms with Gasteiger partial charge in [-0.2, -0.15) is 0 Å². The van der Waals surface area contributed by atoms with Crippen LogP contribution in [0.5, 0.6) is 5.75 Å². The topological polar surface area (TPSA) is 222 Å². The molecule has 17 nitrogen and oxygen atoms in total. The predicted molar refractivity (Wildman–Crippen MR) is 168 cm³/mol. The highest BCUT2D eigenvalue weighted by Gasteiger charge is 2.25. The van der Waals surface area contributed by atoms with Crippen LogP contribution in [0.2, 0.25) is 0 Å². The average molecular weight is 672 g/mol. The molecular formula is C31H37N5O12. The van der Waals surface area contributed by atoms with E-state index in [1.165, 1.54) is 31.4 Å². The van der Waals surface area contributed by atoms with E-state index in [0.717, 1.165) is 10.5 Å². The van der Waals surface area contributed by atoms with Crippen molar-refractivity contribution in [3.63, 3.8) is 0 Å². The Morgan fingerprint density at radius 1 is 0.958 bits per heavy atom. The maximum Gasteiger partial charge on any atom is 0.407 e. The third-order valence-electron chi connectivity index (χ3n) is 6.31. The molecule has 0 saturated heterocycles. The van der Waals surface area contributed by atoms with E-state index in [9.17, 15) is 38.9 Å². The van der Waals surface area contributed by atoms with E-state index in [-0.39, 0.29) is 51.1 Å². The fourth-order valence-electron chi connectivity index (χ4n) is 3.81. The Hall–Kier alpha value is -5.84. The highest BCUT2D eigenvalue weighted by Crippen LogP contribution is 2.16. The number of nitro groups is 1. The molecule has 3 N–H and O–H groups in total. The van der Waals surface area contributed by atoms with Gasteiger partial charge in [0.25, 0.3) is 24.0 Å². The molecule has 0 radical (unpaired) electrons. The summed E-state index contributed by atoms with van der Waals surface area (Å²) in [6, 6.07) is 11.6. The monoisotopic (exact) mass is 671 g/mol. The zero-order chi connectivity index (χ0) is 35.5. The number of amides is 5. The van der Waals surface area contributed by atoms with Crippen molar-refractivity contribution in [1.82, 2.24) is 15.5 Å². The van der Waals surface area contributed by atoms with Gasteiger partial charge in [0.1, 0.15) is 25.0 Å². The second kappa shape index (κ2) is 20.3. The number of benzene rings is 2. The van der Waals surface area contributed by atoms with Crippen molar-refractivity contribution in [2.75, 3.05) is 45.3 Å². The lowest BCUT2D eigenvalue weighted by Gasteiger charge is -2.21. The lowest BCUT2D eigenvalue weighted by atomic mass is 10.0. The van der Waals surface area contributed by atoms with Crippen molar-refractivity contribution in [3.8, 4) is 5.75 Å². The molecule has 1 unspecified atom stereocenters. The van der Waals surface area contributed by atoms with Gasteiger partial charge in [-0.1, -0.05) is 26.0 Å². The van der Waals surface area contributed by atoms with Gasteiger partial charge in [0, 0.05) is 30.0 Å². The summed E-state index contributed by atoms with van der Waals surface area (Å²) in [4.78, 5) is 80.6. The molecule has 1 heterocycles. The number of rotatable bonds is 17. The van der Waals surface area contributed by atoms with Gasteiger partial charge >= 0.3 is 6.09 Å². The van der Waals surface area contributed by atoms with Gasteiger partial charge in [-0.25, -0.2) is 4.79 Å². The van der Waals surface area contributed by atoms with Crippen LogP contribution in [-0.4, -0.2) is 92.1 Å². The van der Waals surface area contributed by atoms with E-state index in [4.69, 9.17) is 14.2 Å². The molecule has 0 saturated carbocycles. The van der Waals surface area contributed by atoms with E-state index >= 15 is 0 Å². The Labute approximate surface area is 275 Å². The van der Waals surface area contributed by atoms with Crippen LogP contribution in [0.3, 0.4) is 0 Å². The largest absolute Gasteiger partial charge is 0.497 e. The molecule has 2 aromatic rings. The van der Waals surface area contributed by atoms with E-state index in [1.54, 1.807) is 50.2 Å². The van der Waals surface area contributed by atoms with E-state index < -0.39 is 40.7 Å². The summed E-state index contributed by atoms with van der Waals surface area (Å²) in [5, 5.41) is 17.7. The zero-order valence-corrected chi connectivity index (χ0v) is 26.5. The number of carbonyl (C=O) groups excluding carboxylic acids is 6. The number of methoxy groups -OCH3 is 1. The van der Waals surface area contributed by atoms with Gasteiger partial charge in [-0.15, -0.1) is 0 Å². The number of hydrogen-bond donors (Lipinski definition) is 3. The summed E-state index contributed by atoms with van der Waals surface area (Å²) in [6.07, 6.45) is 1.52. The lowest BCUT2D eigenvalue weighted by molar-refractivity contribution is -0.384. The summed E-state index contributed by atoms with van der Waals surface area (Å²) in [7, 11) is 1.52. The van der Waals surface area contributed by atoms with Crippen molar-refractivity contribution < 1.29 is 52.6 Å². The molecule has 0 aliphatic carbocycles. The Morgan fingerprint density at radius 3 is 2.17 bits per heavy atom. The molecule has 5 amide bonds. The second-order valence-electron chi connectivity index (χ2n) is 10.1. The highest BCUT2D eigenvalue weighted by atomic mass is 16.6. The zero-order valence-electron chi connectivity index (χ0n) is 26.5. The summed E-state index contributed by atoms with van der Waals surface area (Å²) in [6.45, 7) is 3.68. The van der Waals surface area contributed by atoms with Gasteiger partial charge in [0.05, 0.1) is 38.3 Å². The third-order valence-corrected chi connectivity index (χ3v) is 6.31. The molecule has 3 rings (SSSR count). The molecule has 0 fully saturated rings. The van der Waals surface area contributed by atoms with Crippen LogP contribution in [0.4, 0.5) is 16.2 Å². The first-order chi connectivity index (χ1) is 22.9. The molecule has 17 heteroatoms. The first-order valence-electron chi connectivity index (χ1n) is 14.5. The van der Waals surface area contributed by atoms with E-state index in [1.807, 2.05) is 0 Å². The fourth-order valence-corrected chi connectivity index (χ4v) is 3.81. The van der Waals surface area contributed by atoms with Gasteiger partial charge < -0.3 is 34.9 Å². The second-order valence-corrected chi connectivity index (χ2v) is 10.1. The standard InChI is InChI=1S/C24H30N4O9.C7H7NO3/c1-16(2)22(27-24(34)37-12-11-35-10-9-28-20(31)7-8-21(28)32)23(33)25-13-19(30)26-18-5-3-17(4-6-18)14-36-15-29;1-11-7-4-2-6(3-5-7)8(9)10/h3-8,15-16,22H,9-14H2,1-2H3,(H,25,33)(H,26,30)(H,27,34);2-5H,1H3. The van der Waals surface area contributed by atoms with Crippen molar-refractivity contribution in [2.24, 2.45) is 5.92 Å². The third kappa shape index (κ3) is 13.7. The number of imide groups is 1. The quantitative estimate of drug-likeness (QED) is 0.0719. The summed E-state index contributed by atoms with van der Waals surface area (Å²) in [5.74, 6) is -1.52. The van der Waals surface area contributed by atoms with E-state index in [2.05, 4.69) is 20.7 Å². The van der Waals surface area contributed by atoms with Crippen molar-refractivity contribution in [3.05, 3.63) is 76.4 Å². The van der Waals surface area contributed by atoms with Gasteiger partial charge in [0.15, 0.2) is 0 Å². The van der Waals surface area contributed by atoms with Gasteiger partial charge in [0.2, 0.25) is 11.8 Å². The SMILES string of the molecule is CC(C)C(NC(=O)OCCOCCN1C(=O)C=CC1=O)C(=O)NCC(=O)Nc1ccc(COC=O)cc1.COc1ccc([N+](=O)[O-])cc1. The summed E-state index contributed by atoms with van der Waals surface area (Å²) < 4.78 is 19.7. The number of anilines is 1. The number of nitrogens with zero attached hydrogens (tertiary/aromatic N) is 2. The maximum atomic E-state index is 12.5. The molecule has 1 atom stereocenters. The number of nitrogens with one attached hydrogen (secondary N) is 3. The first kappa shape index (κ1) is 38.3. The molecule has 48 heavy (non-hydrogen) atoms. The molecule has 0 aromatic heterocycles. The van der Waals surface area contributed by atoms with Crippen LogP contribution >= 0.6 is 0 Å². The van der Waals surface area contributed by atoms with Crippen LogP contribution in [0, 0.1) is 16.0 Å². The number of alkyl carbamates (subject to hydrolysis) is 1. The lowest BCUT2D eigenvalue weighted by Crippen LogP contribution is -2.51. The van der Waals surface area contributed by atoms with Crippen LogP contribution < -0.4 is 20.7 Å².